The Bertz CT molecular complexity index is 870. The lowest BCUT2D eigenvalue weighted by Gasteiger charge is -2.40. The van der Waals surface area contributed by atoms with Crippen molar-refractivity contribution >= 4 is 35.0 Å². The van der Waals surface area contributed by atoms with Crippen LogP contribution in [0.1, 0.15) is 24.1 Å². The van der Waals surface area contributed by atoms with Crippen LogP contribution >= 0.6 is 12.4 Å². The second kappa shape index (κ2) is 7.44. The molecule has 0 unspecified atom stereocenters. The van der Waals surface area contributed by atoms with Crippen molar-refractivity contribution in [3.63, 3.8) is 0 Å². The largest absolute Gasteiger partial charge is 0.418 e. The molecule has 10 heteroatoms. The van der Waals surface area contributed by atoms with Crippen molar-refractivity contribution in [3.05, 3.63) is 23.5 Å². The van der Waals surface area contributed by atoms with E-state index in [1.165, 1.54) is 6.07 Å². The minimum Gasteiger partial charge on any atom is -0.356 e. The van der Waals surface area contributed by atoms with Crippen molar-refractivity contribution in [3.8, 4) is 0 Å². The number of hydrogen-bond acceptors (Lipinski definition) is 4. The standard InChI is InChI=1S/C18H22F3N5O.ClH/c1-10-6-13-14(18(19,20)21)9-23-16(15(13)24-10)25-2-4-26(5-3-25)17(27)11-7-12(22)8-11;/h6,9,11-12,24H,2-5,7-8,22H2,1H3;1H. The average molecular weight is 418 g/mol. The molecule has 1 saturated heterocycles. The summed E-state index contributed by atoms with van der Waals surface area (Å²) >= 11 is 0. The van der Waals surface area contributed by atoms with E-state index >= 15 is 0 Å². The second-order valence-electron chi connectivity index (χ2n) is 7.48. The topological polar surface area (TPSA) is 78.2 Å². The fraction of sp³-hybridized carbons (Fsp3) is 0.556. The molecule has 2 fully saturated rings. The van der Waals surface area contributed by atoms with E-state index < -0.39 is 11.7 Å². The second-order valence-corrected chi connectivity index (χ2v) is 7.48. The number of piperazine rings is 1. The Kier molecular flexibility index (Phi) is 5.51. The van der Waals surface area contributed by atoms with Crippen LogP contribution in [0, 0.1) is 12.8 Å². The summed E-state index contributed by atoms with van der Waals surface area (Å²) in [5, 5.41) is 0.131. The van der Waals surface area contributed by atoms with E-state index in [2.05, 4.69) is 9.97 Å². The maximum Gasteiger partial charge on any atom is 0.418 e. The number of anilines is 1. The van der Waals surface area contributed by atoms with Gasteiger partial charge in [0.25, 0.3) is 0 Å². The summed E-state index contributed by atoms with van der Waals surface area (Å²) in [6.07, 6.45) is -2.07. The van der Waals surface area contributed by atoms with Crippen LogP contribution in [0.3, 0.4) is 0 Å². The van der Waals surface area contributed by atoms with Crippen LogP contribution in [0.4, 0.5) is 19.0 Å². The summed E-state index contributed by atoms with van der Waals surface area (Å²) in [6.45, 7) is 3.87. The molecule has 2 aliphatic rings. The number of rotatable bonds is 2. The molecule has 3 heterocycles. The van der Waals surface area contributed by atoms with Crippen LogP contribution in [0.5, 0.6) is 0 Å². The summed E-state index contributed by atoms with van der Waals surface area (Å²) in [7, 11) is 0. The normalized spacial score (nSPS) is 22.8. The van der Waals surface area contributed by atoms with Crippen LogP contribution in [-0.4, -0.2) is 53.0 Å². The molecule has 0 aromatic carbocycles. The van der Waals surface area contributed by atoms with Gasteiger partial charge in [-0.25, -0.2) is 4.98 Å². The van der Waals surface area contributed by atoms with E-state index in [1.807, 2.05) is 9.80 Å². The van der Waals surface area contributed by atoms with Gasteiger partial charge in [-0.15, -0.1) is 12.4 Å². The maximum absolute atomic E-state index is 13.3. The van der Waals surface area contributed by atoms with E-state index in [-0.39, 0.29) is 35.7 Å². The lowest BCUT2D eigenvalue weighted by Crippen LogP contribution is -2.53. The summed E-state index contributed by atoms with van der Waals surface area (Å²) in [6, 6.07) is 1.63. The molecule has 2 aromatic heterocycles. The molecule has 1 saturated carbocycles. The first kappa shape index (κ1) is 20.7. The number of H-pyrrole nitrogens is 1. The maximum atomic E-state index is 13.3. The Morgan fingerprint density at radius 2 is 1.89 bits per heavy atom. The number of carbonyl (C=O) groups is 1. The zero-order valence-electron chi connectivity index (χ0n) is 15.4. The Morgan fingerprint density at radius 3 is 2.46 bits per heavy atom. The number of hydrogen-bond donors (Lipinski definition) is 2. The minimum atomic E-state index is -4.45. The lowest BCUT2D eigenvalue weighted by atomic mass is 9.80. The minimum absolute atomic E-state index is 0. The van der Waals surface area contributed by atoms with Crippen LogP contribution < -0.4 is 10.6 Å². The quantitative estimate of drug-likeness (QED) is 0.787. The summed E-state index contributed by atoms with van der Waals surface area (Å²) in [5.74, 6) is 0.662. The van der Waals surface area contributed by atoms with Gasteiger partial charge in [-0.05, 0) is 25.8 Å². The van der Waals surface area contributed by atoms with Gasteiger partial charge < -0.3 is 20.5 Å². The zero-order valence-corrected chi connectivity index (χ0v) is 16.2. The average Bonchev–Trinajstić information content (AvgIpc) is 2.97. The number of nitrogens with one attached hydrogen (secondary N) is 1. The van der Waals surface area contributed by atoms with E-state index in [0.29, 0.717) is 43.2 Å². The smallest absolute Gasteiger partial charge is 0.356 e. The Balaban J connectivity index is 0.00000225. The fourth-order valence-corrected chi connectivity index (χ4v) is 3.96. The number of fused-ring (bicyclic) bond motifs is 1. The Morgan fingerprint density at radius 1 is 1.25 bits per heavy atom. The van der Waals surface area contributed by atoms with Gasteiger partial charge in [0.1, 0.15) is 0 Å². The molecule has 4 rings (SSSR count). The number of alkyl halides is 3. The van der Waals surface area contributed by atoms with Gasteiger partial charge in [-0.2, -0.15) is 13.2 Å². The first-order valence-corrected chi connectivity index (χ1v) is 9.09. The molecule has 6 nitrogen and oxygen atoms in total. The van der Waals surface area contributed by atoms with Crippen molar-refractivity contribution in [1.82, 2.24) is 14.9 Å². The SMILES string of the molecule is Cc1cc2c(C(F)(F)F)cnc(N3CCN(C(=O)C4CC(N)C4)CC3)c2[nH]1.Cl. The number of nitrogens with zero attached hydrogens (tertiary/aromatic N) is 3. The number of amides is 1. The third-order valence-corrected chi connectivity index (χ3v) is 5.50. The van der Waals surface area contributed by atoms with E-state index in [0.717, 1.165) is 19.0 Å². The number of halogens is 4. The van der Waals surface area contributed by atoms with Crippen LogP contribution in [0.2, 0.25) is 0 Å². The van der Waals surface area contributed by atoms with Crippen molar-refractivity contribution in [2.75, 3.05) is 31.1 Å². The van der Waals surface area contributed by atoms with Crippen molar-refractivity contribution in [2.24, 2.45) is 11.7 Å². The first-order chi connectivity index (χ1) is 12.7. The molecule has 28 heavy (non-hydrogen) atoms. The number of nitrogens with two attached hydrogens (primary N) is 1. The summed E-state index contributed by atoms with van der Waals surface area (Å²) < 4.78 is 39.8. The zero-order chi connectivity index (χ0) is 19.3. The molecule has 0 bridgehead atoms. The first-order valence-electron chi connectivity index (χ1n) is 9.09. The van der Waals surface area contributed by atoms with Crippen LogP contribution in [0.25, 0.3) is 10.9 Å². The molecule has 0 atom stereocenters. The van der Waals surface area contributed by atoms with Gasteiger partial charge in [-0.1, -0.05) is 0 Å². The molecule has 0 radical (unpaired) electrons. The van der Waals surface area contributed by atoms with Gasteiger partial charge in [-0.3, -0.25) is 4.79 Å². The third kappa shape index (κ3) is 3.65. The highest BCUT2D eigenvalue weighted by atomic mass is 35.5. The Hall–Kier alpha value is -2.00. The number of aromatic amines is 1. The number of aryl methyl sites for hydroxylation is 1. The lowest BCUT2D eigenvalue weighted by molar-refractivity contribution is -0.139. The van der Waals surface area contributed by atoms with Gasteiger partial charge in [0.05, 0.1) is 11.1 Å². The number of carbonyl (C=O) groups excluding carboxylic acids is 1. The van der Waals surface area contributed by atoms with E-state index in [4.69, 9.17) is 5.73 Å². The summed E-state index contributed by atoms with van der Waals surface area (Å²) in [4.78, 5) is 23.3. The predicted molar refractivity (Wildman–Crippen MR) is 103 cm³/mol. The molecule has 1 aliphatic carbocycles. The number of pyridine rings is 1. The van der Waals surface area contributed by atoms with E-state index in [9.17, 15) is 18.0 Å². The molecule has 1 aliphatic heterocycles. The molecule has 2 aromatic rings. The highest BCUT2D eigenvalue weighted by Crippen LogP contribution is 2.37. The Labute approximate surface area is 166 Å². The van der Waals surface area contributed by atoms with Crippen molar-refractivity contribution in [1.29, 1.82) is 0 Å². The molecule has 3 N–H and O–H groups in total. The van der Waals surface area contributed by atoms with Crippen molar-refractivity contribution < 1.29 is 18.0 Å². The highest BCUT2D eigenvalue weighted by Gasteiger charge is 2.37. The van der Waals surface area contributed by atoms with E-state index in [1.54, 1.807) is 6.92 Å². The predicted octanol–water partition coefficient (Wildman–Crippen LogP) is 2.70. The highest BCUT2D eigenvalue weighted by molar-refractivity contribution is 5.93. The molecule has 0 spiro atoms. The molecular formula is C18H23ClF3N5O. The van der Waals surface area contributed by atoms with Gasteiger partial charge in [0.2, 0.25) is 5.91 Å². The van der Waals surface area contributed by atoms with Crippen LogP contribution in [-0.2, 0) is 11.0 Å². The molecule has 154 valence electrons. The number of aromatic nitrogens is 2. The fourth-order valence-electron chi connectivity index (χ4n) is 3.96. The van der Waals surface area contributed by atoms with Crippen molar-refractivity contribution in [2.45, 2.75) is 32.0 Å². The molecule has 1 amide bonds. The van der Waals surface area contributed by atoms with Gasteiger partial charge >= 0.3 is 6.18 Å². The van der Waals surface area contributed by atoms with Crippen LogP contribution in [0.15, 0.2) is 12.3 Å². The monoisotopic (exact) mass is 417 g/mol. The molecular weight excluding hydrogens is 395 g/mol. The third-order valence-electron chi connectivity index (χ3n) is 5.50. The summed E-state index contributed by atoms with van der Waals surface area (Å²) in [5.41, 5.74) is 6.07. The van der Waals surface area contributed by atoms with Gasteiger partial charge in [0, 0.05) is 55.4 Å². The van der Waals surface area contributed by atoms with Gasteiger partial charge in [0.15, 0.2) is 5.82 Å².